The Labute approximate surface area is 190 Å². The molecule has 0 unspecified atom stereocenters. The average Bonchev–Trinajstić information content (AvgIpc) is 2.81. The molecular weight excluding hydrogens is 457 g/mol. The van der Waals surface area contributed by atoms with Gasteiger partial charge in [0.05, 0.1) is 19.1 Å². The molecule has 3 aromatic carbocycles. The van der Waals surface area contributed by atoms with Crippen molar-refractivity contribution in [3.63, 3.8) is 0 Å². The van der Waals surface area contributed by atoms with Gasteiger partial charge in [0.25, 0.3) is 0 Å². The molecule has 0 saturated carbocycles. The summed E-state index contributed by atoms with van der Waals surface area (Å²) in [6.45, 7) is -0.235. The molecule has 176 valence electrons. The molecule has 3 N–H and O–H groups in total. The van der Waals surface area contributed by atoms with Gasteiger partial charge in [0.1, 0.15) is 5.82 Å². The van der Waals surface area contributed by atoms with Crippen molar-refractivity contribution in [2.24, 2.45) is 5.73 Å². The summed E-state index contributed by atoms with van der Waals surface area (Å²) in [5.41, 5.74) is 7.10. The number of nitrogens with one attached hydrogen (secondary N) is 1. The maximum absolute atomic E-state index is 13.8. The van der Waals surface area contributed by atoms with E-state index in [9.17, 15) is 21.6 Å². The zero-order valence-electron chi connectivity index (χ0n) is 17.9. The summed E-state index contributed by atoms with van der Waals surface area (Å²) >= 11 is 0. The van der Waals surface area contributed by atoms with E-state index in [4.69, 9.17) is 15.2 Å². The van der Waals surface area contributed by atoms with Gasteiger partial charge in [-0.15, -0.1) is 0 Å². The number of sulfonamides is 1. The van der Waals surface area contributed by atoms with Gasteiger partial charge in [0, 0.05) is 18.7 Å². The number of methoxy groups -OCH3 is 2. The van der Waals surface area contributed by atoms with E-state index >= 15 is 0 Å². The summed E-state index contributed by atoms with van der Waals surface area (Å²) in [5.74, 6) is -2.42. The zero-order chi connectivity index (χ0) is 24.2. The van der Waals surface area contributed by atoms with E-state index in [1.54, 1.807) is 30.3 Å². The van der Waals surface area contributed by atoms with Crippen LogP contribution >= 0.6 is 0 Å². The van der Waals surface area contributed by atoms with Crippen molar-refractivity contribution in [1.82, 2.24) is 4.72 Å². The molecule has 0 radical (unpaired) electrons. The Kier molecular flexibility index (Phi) is 7.62. The molecule has 0 aliphatic rings. The van der Waals surface area contributed by atoms with Gasteiger partial charge in [-0.1, -0.05) is 18.2 Å². The van der Waals surface area contributed by atoms with Gasteiger partial charge in [-0.2, -0.15) is 0 Å². The highest BCUT2D eigenvalue weighted by atomic mass is 32.2. The van der Waals surface area contributed by atoms with Gasteiger partial charge in [-0.3, -0.25) is 0 Å². The highest BCUT2D eigenvalue weighted by Crippen LogP contribution is 2.33. The second-order valence-electron chi connectivity index (χ2n) is 7.27. The summed E-state index contributed by atoms with van der Waals surface area (Å²) in [6, 6.07) is 11.7. The number of halogens is 3. The smallest absolute Gasteiger partial charge is 0.240 e. The molecule has 0 saturated heterocycles. The molecule has 0 spiro atoms. The summed E-state index contributed by atoms with van der Waals surface area (Å²) in [4.78, 5) is 0.000919. The first-order valence-corrected chi connectivity index (χ1v) is 11.3. The van der Waals surface area contributed by atoms with E-state index < -0.39 is 33.5 Å². The number of rotatable bonds is 9. The number of hydrogen-bond acceptors (Lipinski definition) is 5. The quantitative estimate of drug-likeness (QED) is 0.457. The minimum Gasteiger partial charge on any atom is -0.493 e. The molecule has 33 heavy (non-hydrogen) atoms. The summed E-state index contributed by atoms with van der Waals surface area (Å²) in [5, 5.41) is 0. The van der Waals surface area contributed by atoms with Crippen LogP contribution in [-0.4, -0.2) is 35.2 Å². The number of hydrogen-bond donors (Lipinski definition) is 2. The van der Waals surface area contributed by atoms with Crippen molar-refractivity contribution in [3.05, 3.63) is 77.6 Å². The topological polar surface area (TPSA) is 90.7 Å². The third-order valence-corrected chi connectivity index (χ3v) is 6.39. The van der Waals surface area contributed by atoms with Crippen LogP contribution in [0.15, 0.2) is 59.5 Å². The Morgan fingerprint density at radius 2 is 1.55 bits per heavy atom. The van der Waals surface area contributed by atoms with Crippen LogP contribution in [0.4, 0.5) is 13.2 Å². The first kappa shape index (κ1) is 24.6. The normalized spacial score (nSPS) is 12.4. The molecule has 0 amide bonds. The van der Waals surface area contributed by atoms with Crippen LogP contribution in [0.3, 0.4) is 0 Å². The molecule has 0 aliphatic carbocycles. The zero-order valence-corrected chi connectivity index (χ0v) is 18.8. The molecule has 3 rings (SSSR count). The lowest BCUT2D eigenvalue weighted by Gasteiger charge is -2.15. The van der Waals surface area contributed by atoms with Crippen LogP contribution in [0.2, 0.25) is 0 Å². The molecule has 0 fully saturated rings. The maximum atomic E-state index is 13.8. The van der Waals surface area contributed by atoms with Crippen molar-refractivity contribution in [1.29, 1.82) is 0 Å². The molecule has 1 atom stereocenters. The Morgan fingerprint density at radius 3 is 2.24 bits per heavy atom. The molecule has 0 aromatic heterocycles. The molecule has 6 nitrogen and oxygen atoms in total. The van der Waals surface area contributed by atoms with E-state index in [2.05, 4.69) is 4.72 Å². The molecule has 0 heterocycles. The second kappa shape index (κ2) is 10.2. The first-order valence-electron chi connectivity index (χ1n) is 9.85. The Bertz CT molecular complexity index is 1250. The lowest BCUT2D eigenvalue weighted by Crippen LogP contribution is -2.38. The monoisotopic (exact) mass is 480 g/mol. The largest absolute Gasteiger partial charge is 0.493 e. The van der Waals surface area contributed by atoms with Crippen LogP contribution in [-0.2, 0) is 16.4 Å². The highest BCUT2D eigenvalue weighted by Gasteiger charge is 2.18. The Morgan fingerprint density at radius 1 is 0.879 bits per heavy atom. The van der Waals surface area contributed by atoms with Gasteiger partial charge < -0.3 is 15.2 Å². The molecule has 0 bridgehead atoms. The Hall–Kier alpha value is -3.08. The number of nitrogens with two attached hydrogens (primary N) is 1. The predicted molar refractivity (Wildman–Crippen MR) is 118 cm³/mol. The summed E-state index contributed by atoms with van der Waals surface area (Å²) in [7, 11) is -0.928. The van der Waals surface area contributed by atoms with Crippen LogP contribution in [0.5, 0.6) is 11.5 Å². The second-order valence-corrected chi connectivity index (χ2v) is 9.04. The molecule has 3 aromatic rings. The lowest BCUT2D eigenvalue weighted by molar-refractivity contribution is 0.355. The van der Waals surface area contributed by atoms with Crippen molar-refractivity contribution in [2.45, 2.75) is 17.4 Å². The van der Waals surface area contributed by atoms with E-state index in [1.807, 2.05) is 0 Å². The number of benzene rings is 3. The Balaban J connectivity index is 1.74. The highest BCUT2D eigenvalue weighted by molar-refractivity contribution is 7.89. The molecule has 0 aliphatic heterocycles. The van der Waals surface area contributed by atoms with Crippen LogP contribution in [0.1, 0.15) is 5.56 Å². The third kappa shape index (κ3) is 5.84. The summed E-state index contributed by atoms with van der Waals surface area (Å²) < 4.78 is 78.7. The van der Waals surface area contributed by atoms with Gasteiger partial charge in [0.2, 0.25) is 10.0 Å². The first-order chi connectivity index (χ1) is 15.6. The van der Waals surface area contributed by atoms with Crippen LogP contribution < -0.4 is 19.9 Å². The predicted octanol–water partition coefficient (Wildman–Crippen LogP) is 3.64. The van der Waals surface area contributed by atoms with E-state index in [0.29, 0.717) is 29.2 Å². The van der Waals surface area contributed by atoms with Gasteiger partial charge in [0.15, 0.2) is 23.1 Å². The van der Waals surface area contributed by atoms with Gasteiger partial charge in [-0.25, -0.2) is 26.3 Å². The van der Waals surface area contributed by atoms with Crippen molar-refractivity contribution < 1.29 is 31.1 Å². The summed E-state index contributed by atoms with van der Waals surface area (Å²) in [6.07, 6.45) is -0.183. The standard InChI is InChI=1S/C23H23F3N2O4S/c1-31-22-7-6-15(11-23(22)32-2)14-4-3-5-18(9-14)33(29,30)28-13-17(27)8-16-10-20(25)21(26)12-19(16)24/h3-7,9-12,17,28H,8,13,27H2,1-2H3/t17-/m1/s1. The van der Waals surface area contributed by atoms with Crippen LogP contribution in [0.25, 0.3) is 11.1 Å². The third-order valence-electron chi connectivity index (χ3n) is 4.97. The SMILES string of the molecule is COc1ccc(-c2cccc(S(=O)(=O)NC[C@H](N)Cc3cc(F)c(F)cc3F)c2)cc1OC. The van der Waals surface area contributed by atoms with Gasteiger partial charge >= 0.3 is 0 Å². The van der Waals surface area contributed by atoms with Crippen molar-refractivity contribution in [2.75, 3.05) is 20.8 Å². The number of ether oxygens (including phenoxy) is 2. The fourth-order valence-electron chi connectivity index (χ4n) is 3.23. The minimum absolute atomic E-state index is 0.000919. The van der Waals surface area contributed by atoms with Crippen molar-refractivity contribution >= 4 is 10.0 Å². The van der Waals surface area contributed by atoms with E-state index in [0.717, 1.165) is 5.56 Å². The van der Waals surface area contributed by atoms with Gasteiger partial charge in [-0.05, 0) is 53.4 Å². The van der Waals surface area contributed by atoms with Crippen molar-refractivity contribution in [3.8, 4) is 22.6 Å². The molecular formula is C23H23F3N2O4S. The maximum Gasteiger partial charge on any atom is 0.240 e. The van der Waals surface area contributed by atoms with E-state index in [-0.39, 0.29) is 23.4 Å². The fourth-order valence-corrected chi connectivity index (χ4v) is 4.37. The van der Waals surface area contributed by atoms with E-state index in [1.165, 1.54) is 26.4 Å². The fraction of sp³-hybridized carbons (Fsp3) is 0.217. The molecule has 10 heteroatoms. The minimum atomic E-state index is -3.95. The average molecular weight is 481 g/mol. The lowest BCUT2D eigenvalue weighted by atomic mass is 10.1. The van der Waals surface area contributed by atoms with Crippen LogP contribution in [0, 0.1) is 17.5 Å².